The highest BCUT2D eigenvalue weighted by Crippen LogP contribution is 2.44. The first-order valence-corrected chi connectivity index (χ1v) is 11.9. The van der Waals surface area contributed by atoms with Gasteiger partial charge in [-0.25, -0.2) is 4.39 Å². The Labute approximate surface area is 206 Å². The molecule has 5 rings (SSSR count). The molecule has 7 heteroatoms. The zero-order valence-electron chi connectivity index (χ0n) is 18.2. The Morgan fingerprint density at radius 3 is 2.42 bits per heavy atom. The fourth-order valence-corrected chi connectivity index (χ4v) is 5.25. The van der Waals surface area contributed by atoms with Crippen molar-refractivity contribution in [2.75, 3.05) is 4.90 Å². The first kappa shape index (κ1) is 21.8. The van der Waals surface area contributed by atoms with Gasteiger partial charge in [-0.05, 0) is 86.2 Å². The summed E-state index contributed by atoms with van der Waals surface area (Å²) in [4.78, 5) is 6.75. The van der Waals surface area contributed by atoms with Crippen LogP contribution in [0.5, 0.6) is 0 Å². The molecule has 166 valence electrons. The maximum atomic E-state index is 14.7. The van der Waals surface area contributed by atoms with Crippen LogP contribution in [0.3, 0.4) is 0 Å². The summed E-state index contributed by atoms with van der Waals surface area (Å²) in [5.74, 6) is -0.253. The summed E-state index contributed by atoms with van der Waals surface area (Å²) in [6.45, 7) is 4.04. The molecule has 2 aromatic carbocycles. The summed E-state index contributed by atoms with van der Waals surface area (Å²) in [5.41, 5.74) is 5.42. The van der Waals surface area contributed by atoms with Crippen molar-refractivity contribution in [3.8, 4) is 5.69 Å². The lowest BCUT2D eigenvalue weighted by atomic mass is 9.96. The first-order valence-electron chi connectivity index (χ1n) is 10.7. The Hall–Kier alpha value is -3.03. The molecule has 33 heavy (non-hydrogen) atoms. The third-order valence-corrected chi connectivity index (χ3v) is 6.93. The van der Waals surface area contributed by atoms with E-state index in [9.17, 15) is 4.39 Å². The van der Waals surface area contributed by atoms with Crippen LogP contribution in [-0.2, 0) is 0 Å². The Morgan fingerprint density at radius 2 is 1.73 bits per heavy atom. The molecule has 0 saturated carbocycles. The molecule has 4 nitrogen and oxygen atoms in total. The van der Waals surface area contributed by atoms with Crippen LogP contribution in [0.2, 0.25) is 0 Å². The van der Waals surface area contributed by atoms with Crippen LogP contribution < -0.4 is 10.2 Å². The molecule has 1 fully saturated rings. The van der Waals surface area contributed by atoms with E-state index < -0.39 is 0 Å². The van der Waals surface area contributed by atoms with E-state index in [1.165, 1.54) is 6.07 Å². The van der Waals surface area contributed by atoms with Crippen molar-refractivity contribution in [3.63, 3.8) is 0 Å². The Bertz CT molecular complexity index is 1320. The van der Waals surface area contributed by atoms with E-state index in [1.807, 2.05) is 66.9 Å². The fraction of sp³-hybridized carbons (Fsp3) is 0.154. The van der Waals surface area contributed by atoms with Crippen LogP contribution >= 0.6 is 28.1 Å². The standard InChI is InChI=1S/C26H22BrFN4S/c1-16-15-20(17(2)31(16)23-9-4-3-7-21(23)28)25-24(22-8-5-6-14-29-22)30-26(33)32(25)19-12-10-18(27)11-13-19/h3-15,24-25H,1-2H3,(H,30,33)/t24-,25+/m1/s1. The minimum absolute atomic E-state index is 0.153. The van der Waals surface area contributed by atoms with Crippen LogP contribution in [0.15, 0.2) is 83.5 Å². The van der Waals surface area contributed by atoms with Crippen LogP contribution in [-0.4, -0.2) is 14.7 Å². The zero-order valence-corrected chi connectivity index (χ0v) is 20.6. The molecule has 1 aliphatic heterocycles. The average molecular weight is 521 g/mol. The van der Waals surface area contributed by atoms with Crippen molar-refractivity contribution in [2.24, 2.45) is 0 Å². The number of nitrogens with one attached hydrogen (secondary N) is 1. The number of pyridine rings is 1. The summed E-state index contributed by atoms with van der Waals surface area (Å²) < 4.78 is 17.7. The van der Waals surface area contributed by atoms with Crippen molar-refractivity contribution in [1.29, 1.82) is 0 Å². The molecule has 0 aliphatic carbocycles. The molecule has 1 aliphatic rings. The average Bonchev–Trinajstić information content (AvgIpc) is 3.31. The number of aryl methyl sites for hydroxylation is 1. The Kier molecular flexibility index (Phi) is 5.76. The third-order valence-electron chi connectivity index (χ3n) is 6.09. The lowest BCUT2D eigenvalue weighted by Crippen LogP contribution is -2.29. The number of rotatable bonds is 4. The number of hydrogen-bond acceptors (Lipinski definition) is 2. The topological polar surface area (TPSA) is 33.1 Å². The number of thiocarbonyl (C=S) groups is 1. The van der Waals surface area contributed by atoms with Gasteiger partial charge in [-0.15, -0.1) is 0 Å². The van der Waals surface area contributed by atoms with Gasteiger partial charge in [0, 0.05) is 27.7 Å². The van der Waals surface area contributed by atoms with Crippen molar-refractivity contribution in [1.82, 2.24) is 14.9 Å². The number of para-hydroxylation sites is 1. The van der Waals surface area contributed by atoms with Gasteiger partial charge in [0.1, 0.15) is 5.82 Å². The van der Waals surface area contributed by atoms with E-state index in [2.05, 4.69) is 37.2 Å². The van der Waals surface area contributed by atoms with Crippen LogP contribution in [0, 0.1) is 19.7 Å². The normalized spacial score (nSPS) is 17.9. The van der Waals surface area contributed by atoms with Gasteiger partial charge in [-0.3, -0.25) is 4.98 Å². The number of hydrogen-bond donors (Lipinski definition) is 1. The largest absolute Gasteiger partial charge is 0.351 e. The predicted molar refractivity (Wildman–Crippen MR) is 137 cm³/mol. The molecular weight excluding hydrogens is 499 g/mol. The maximum absolute atomic E-state index is 14.7. The number of halogens is 2. The number of nitrogens with zero attached hydrogens (tertiary/aromatic N) is 3. The second-order valence-electron chi connectivity index (χ2n) is 8.09. The first-order chi connectivity index (χ1) is 16.0. The third kappa shape index (κ3) is 3.85. The molecule has 4 aromatic rings. The molecular formula is C26H22BrFN4S. The van der Waals surface area contributed by atoms with Gasteiger partial charge >= 0.3 is 0 Å². The SMILES string of the molecule is Cc1cc([C@H]2[C@@H](c3ccccn3)NC(=S)N2c2ccc(Br)cc2)c(C)n1-c1ccccc1F. The zero-order chi connectivity index (χ0) is 23.1. The van der Waals surface area contributed by atoms with E-state index in [1.54, 1.807) is 18.3 Å². The van der Waals surface area contributed by atoms with E-state index in [0.29, 0.717) is 10.8 Å². The van der Waals surface area contributed by atoms with Crippen LogP contribution in [0.1, 0.15) is 34.7 Å². The van der Waals surface area contributed by atoms with Crippen molar-refractivity contribution in [3.05, 3.63) is 112 Å². The van der Waals surface area contributed by atoms with Gasteiger partial charge in [-0.1, -0.05) is 34.1 Å². The number of benzene rings is 2. The molecule has 1 N–H and O–H groups in total. The molecule has 2 aromatic heterocycles. The highest BCUT2D eigenvalue weighted by Gasteiger charge is 2.42. The van der Waals surface area contributed by atoms with Crippen molar-refractivity contribution < 1.29 is 4.39 Å². The Balaban J connectivity index is 1.69. The van der Waals surface area contributed by atoms with E-state index in [4.69, 9.17) is 12.2 Å². The monoisotopic (exact) mass is 520 g/mol. The number of anilines is 1. The molecule has 2 atom stereocenters. The molecule has 0 amide bonds. The van der Waals surface area contributed by atoms with Crippen LogP contribution in [0.25, 0.3) is 5.69 Å². The highest BCUT2D eigenvalue weighted by molar-refractivity contribution is 9.10. The minimum Gasteiger partial charge on any atom is -0.351 e. The van der Waals surface area contributed by atoms with Gasteiger partial charge in [0.05, 0.1) is 23.5 Å². The molecule has 0 radical (unpaired) electrons. The van der Waals surface area contributed by atoms with E-state index >= 15 is 0 Å². The summed E-state index contributed by atoms with van der Waals surface area (Å²) >= 11 is 9.33. The quantitative estimate of drug-likeness (QED) is 0.308. The number of aromatic nitrogens is 2. The minimum atomic E-state index is -0.253. The van der Waals surface area contributed by atoms with Crippen molar-refractivity contribution >= 4 is 38.9 Å². The molecule has 1 saturated heterocycles. The summed E-state index contributed by atoms with van der Waals surface area (Å²) in [7, 11) is 0. The molecule has 3 heterocycles. The fourth-order valence-electron chi connectivity index (χ4n) is 4.64. The van der Waals surface area contributed by atoms with Gasteiger partial charge in [-0.2, -0.15) is 0 Å². The van der Waals surface area contributed by atoms with Crippen LogP contribution in [0.4, 0.5) is 10.1 Å². The Morgan fingerprint density at radius 1 is 1.00 bits per heavy atom. The highest BCUT2D eigenvalue weighted by atomic mass is 79.9. The molecule has 0 bridgehead atoms. The maximum Gasteiger partial charge on any atom is 0.174 e. The molecule has 0 unspecified atom stereocenters. The molecule has 0 spiro atoms. The van der Waals surface area contributed by atoms with Crippen molar-refractivity contribution in [2.45, 2.75) is 25.9 Å². The summed E-state index contributed by atoms with van der Waals surface area (Å²) in [6.07, 6.45) is 1.79. The van der Waals surface area contributed by atoms with E-state index in [-0.39, 0.29) is 17.9 Å². The predicted octanol–water partition coefficient (Wildman–Crippen LogP) is 6.57. The second-order valence-corrected chi connectivity index (χ2v) is 9.39. The van der Waals surface area contributed by atoms with Gasteiger partial charge < -0.3 is 14.8 Å². The lowest BCUT2D eigenvalue weighted by molar-refractivity contribution is 0.564. The summed E-state index contributed by atoms with van der Waals surface area (Å²) in [6, 6.07) is 22.7. The second kappa shape index (κ2) is 8.72. The van der Waals surface area contributed by atoms with Gasteiger partial charge in [0.25, 0.3) is 0 Å². The lowest BCUT2D eigenvalue weighted by Gasteiger charge is -2.28. The van der Waals surface area contributed by atoms with Gasteiger partial charge in [0.2, 0.25) is 0 Å². The summed E-state index contributed by atoms with van der Waals surface area (Å²) in [5, 5.41) is 4.12. The smallest absolute Gasteiger partial charge is 0.174 e. The van der Waals surface area contributed by atoms with E-state index in [0.717, 1.165) is 32.8 Å². The van der Waals surface area contributed by atoms with Gasteiger partial charge in [0.15, 0.2) is 5.11 Å².